The van der Waals surface area contributed by atoms with E-state index in [1.54, 1.807) is 26.8 Å². The molecular formula is C20H28FNO3. The standard InChI is InChI=1S/C20H28FNO3/c1-12-17(6-5-9-22-12)24-18-11-16(21)15(10-14(18)13-7-8-13)19(23)25-20(2,3)4/h10-13,17,22H,5-9H2,1-4H3/t12-,17+/m0/s1. The molecule has 25 heavy (non-hydrogen) atoms. The Bertz CT molecular complexity index is 649. The van der Waals surface area contributed by atoms with Crippen LogP contribution in [0.1, 0.15) is 75.2 Å². The van der Waals surface area contributed by atoms with Crippen molar-refractivity contribution < 1.29 is 18.7 Å². The van der Waals surface area contributed by atoms with Gasteiger partial charge in [0.15, 0.2) is 0 Å². The van der Waals surface area contributed by atoms with Crippen molar-refractivity contribution >= 4 is 5.97 Å². The molecule has 3 rings (SSSR count). The molecule has 1 aliphatic carbocycles. The van der Waals surface area contributed by atoms with E-state index in [1.807, 2.05) is 0 Å². The van der Waals surface area contributed by atoms with Crippen LogP contribution in [0.3, 0.4) is 0 Å². The Kier molecular flexibility index (Phi) is 5.05. The molecule has 2 atom stereocenters. The first-order valence-corrected chi connectivity index (χ1v) is 9.21. The highest BCUT2D eigenvalue weighted by Crippen LogP contribution is 2.45. The van der Waals surface area contributed by atoms with Crippen LogP contribution in [0.25, 0.3) is 0 Å². The van der Waals surface area contributed by atoms with Gasteiger partial charge in [-0.25, -0.2) is 9.18 Å². The van der Waals surface area contributed by atoms with E-state index in [0.29, 0.717) is 11.7 Å². The van der Waals surface area contributed by atoms with E-state index in [0.717, 1.165) is 37.8 Å². The first kappa shape index (κ1) is 18.2. The topological polar surface area (TPSA) is 47.6 Å². The van der Waals surface area contributed by atoms with Gasteiger partial charge in [-0.2, -0.15) is 0 Å². The van der Waals surface area contributed by atoms with Crippen molar-refractivity contribution in [1.29, 1.82) is 0 Å². The molecule has 2 fully saturated rings. The van der Waals surface area contributed by atoms with E-state index in [4.69, 9.17) is 9.47 Å². The Morgan fingerprint density at radius 2 is 1.96 bits per heavy atom. The summed E-state index contributed by atoms with van der Waals surface area (Å²) in [5.41, 5.74) is 0.278. The predicted molar refractivity (Wildman–Crippen MR) is 94.7 cm³/mol. The van der Waals surface area contributed by atoms with Gasteiger partial charge < -0.3 is 14.8 Å². The van der Waals surface area contributed by atoms with E-state index in [1.165, 1.54) is 6.07 Å². The van der Waals surface area contributed by atoms with Crippen LogP contribution < -0.4 is 10.1 Å². The van der Waals surface area contributed by atoms with Gasteiger partial charge in [0.2, 0.25) is 0 Å². The van der Waals surface area contributed by atoms with Crippen molar-refractivity contribution in [3.05, 3.63) is 29.1 Å². The molecular weight excluding hydrogens is 321 g/mol. The van der Waals surface area contributed by atoms with Crippen LogP contribution in [0.5, 0.6) is 5.75 Å². The molecule has 4 nitrogen and oxygen atoms in total. The van der Waals surface area contributed by atoms with Crippen molar-refractivity contribution in [2.45, 2.75) is 77.0 Å². The molecule has 1 saturated carbocycles. The molecule has 0 bridgehead atoms. The number of benzene rings is 1. The second-order valence-electron chi connectivity index (χ2n) is 8.19. The highest BCUT2D eigenvalue weighted by molar-refractivity contribution is 5.90. The largest absolute Gasteiger partial charge is 0.488 e. The number of carbonyl (C=O) groups excluding carboxylic acids is 1. The van der Waals surface area contributed by atoms with Gasteiger partial charge in [-0.1, -0.05) is 0 Å². The minimum atomic E-state index is -0.651. The summed E-state index contributed by atoms with van der Waals surface area (Å²) in [4.78, 5) is 12.3. The molecule has 0 unspecified atom stereocenters. The molecule has 2 aliphatic rings. The summed E-state index contributed by atoms with van der Waals surface area (Å²) < 4.78 is 26.1. The van der Waals surface area contributed by atoms with Crippen molar-refractivity contribution in [3.63, 3.8) is 0 Å². The van der Waals surface area contributed by atoms with E-state index in [-0.39, 0.29) is 17.7 Å². The Morgan fingerprint density at radius 1 is 1.24 bits per heavy atom. The third-order valence-corrected chi connectivity index (χ3v) is 4.70. The van der Waals surface area contributed by atoms with Crippen LogP contribution in [-0.2, 0) is 4.74 Å². The Labute approximate surface area is 149 Å². The number of hydrogen-bond donors (Lipinski definition) is 1. The molecule has 0 amide bonds. The third kappa shape index (κ3) is 4.51. The second kappa shape index (κ2) is 6.94. The number of hydrogen-bond acceptors (Lipinski definition) is 4. The number of piperidine rings is 1. The van der Waals surface area contributed by atoms with Gasteiger partial charge in [-0.05, 0) is 77.5 Å². The lowest BCUT2D eigenvalue weighted by atomic mass is 10.0. The van der Waals surface area contributed by atoms with Gasteiger partial charge in [0.05, 0.1) is 5.56 Å². The summed E-state index contributed by atoms with van der Waals surface area (Å²) in [5, 5.41) is 3.39. The summed E-state index contributed by atoms with van der Waals surface area (Å²) in [6.45, 7) is 8.41. The highest BCUT2D eigenvalue weighted by Gasteiger charge is 2.32. The van der Waals surface area contributed by atoms with Crippen LogP contribution in [0.4, 0.5) is 4.39 Å². The van der Waals surface area contributed by atoms with Gasteiger partial charge in [0.25, 0.3) is 0 Å². The molecule has 1 aliphatic heterocycles. The maximum Gasteiger partial charge on any atom is 0.341 e. The third-order valence-electron chi connectivity index (χ3n) is 4.70. The molecule has 0 spiro atoms. The van der Waals surface area contributed by atoms with Crippen molar-refractivity contribution in [1.82, 2.24) is 5.32 Å². The van der Waals surface area contributed by atoms with E-state index in [9.17, 15) is 9.18 Å². The first-order chi connectivity index (χ1) is 11.7. The first-order valence-electron chi connectivity index (χ1n) is 9.21. The summed E-state index contributed by atoms with van der Waals surface area (Å²) in [6, 6.07) is 3.24. The van der Waals surface area contributed by atoms with Gasteiger partial charge in [-0.3, -0.25) is 0 Å². The average Bonchev–Trinajstić information content (AvgIpc) is 3.32. The molecule has 5 heteroatoms. The molecule has 0 aromatic heterocycles. The Hall–Kier alpha value is -1.62. The lowest BCUT2D eigenvalue weighted by Gasteiger charge is -2.31. The number of rotatable bonds is 4. The molecule has 1 N–H and O–H groups in total. The smallest absolute Gasteiger partial charge is 0.341 e. The minimum absolute atomic E-state index is 0.000933. The molecule has 1 aromatic carbocycles. The van der Waals surface area contributed by atoms with Gasteiger partial charge >= 0.3 is 5.97 Å². The molecule has 1 aromatic rings. The zero-order valence-electron chi connectivity index (χ0n) is 15.5. The maximum atomic E-state index is 14.6. The molecule has 1 heterocycles. The van der Waals surface area contributed by atoms with Crippen molar-refractivity contribution in [2.75, 3.05) is 6.54 Å². The van der Waals surface area contributed by atoms with E-state index < -0.39 is 17.4 Å². The van der Waals surface area contributed by atoms with E-state index in [2.05, 4.69) is 12.2 Å². The second-order valence-corrected chi connectivity index (χ2v) is 8.19. The quantitative estimate of drug-likeness (QED) is 0.829. The summed E-state index contributed by atoms with van der Waals surface area (Å²) in [5.74, 6) is -0.271. The minimum Gasteiger partial charge on any atom is -0.488 e. The Balaban J connectivity index is 1.86. The fourth-order valence-electron chi connectivity index (χ4n) is 3.22. The summed E-state index contributed by atoms with van der Waals surface area (Å²) in [7, 11) is 0. The number of halogens is 1. The van der Waals surface area contributed by atoms with Crippen LogP contribution in [0, 0.1) is 5.82 Å². The lowest BCUT2D eigenvalue weighted by molar-refractivity contribution is 0.00644. The number of carbonyl (C=O) groups is 1. The molecule has 1 saturated heterocycles. The maximum absolute atomic E-state index is 14.6. The predicted octanol–water partition coefficient (Wildman–Crippen LogP) is 4.18. The van der Waals surface area contributed by atoms with Crippen molar-refractivity contribution in [3.8, 4) is 5.75 Å². The normalized spacial score (nSPS) is 24.0. The van der Waals surface area contributed by atoms with E-state index >= 15 is 0 Å². The average molecular weight is 349 g/mol. The Morgan fingerprint density at radius 3 is 2.56 bits per heavy atom. The van der Waals surface area contributed by atoms with Crippen LogP contribution in [-0.4, -0.2) is 30.3 Å². The molecule has 0 radical (unpaired) electrons. The highest BCUT2D eigenvalue weighted by atomic mass is 19.1. The SMILES string of the molecule is C[C@@H]1NCCC[C@H]1Oc1cc(F)c(C(=O)OC(C)(C)C)cc1C1CC1. The van der Waals surface area contributed by atoms with Crippen molar-refractivity contribution in [2.24, 2.45) is 0 Å². The zero-order chi connectivity index (χ0) is 18.2. The molecule has 138 valence electrons. The number of nitrogens with one attached hydrogen (secondary N) is 1. The van der Waals surface area contributed by atoms with Crippen LogP contribution >= 0.6 is 0 Å². The zero-order valence-corrected chi connectivity index (χ0v) is 15.5. The number of ether oxygens (including phenoxy) is 2. The lowest BCUT2D eigenvalue weighted by Crippen LogP contribution is -2.45. The summed E-state index contributed by atoms with van der Waals surface area (Å²) >= 11 is 0. The van der Waals surface area contributed by atoms with Gasteiger partial charge in [0.1, 0.15) is 23.3 Å². The van der Waals surface area contributed by atoms with Crippen LogP contribution in [0.15, 0.2) is 12.1 Å². The fourth-order valence-corrected chi connectivity index (χ4v) is 3.22. The van der Waals surface area contributed by atoms with Crippen LogP contribution in [0.2, 0.25) is 0 Å². The monoisotopic (exact) mass is 349 g/mol. The number of esters is 1. The van der Waals surface area contributed by atoms with Gasteiger partial charge in [-0.15, -0.1) is 0 Å². The fraction of sp³-hybridized carbons (Fsp3) is 0.650. The van der Waals surface area contributed by atoms with Gasteiger partial charge in [0, 0.05) is 12.1 Å². The summed E-state index contributed by atoms with van der Waals surface area (Å²) in [6.07, 6.45) is 4.13.